The number of methoxy groups -OCH3 is 1. The first kappa shape index (κ1) is 21.0. The zero-order valence-electron chi connectivity index (χ0n) is 16.0. The third kappa shape index (κ3) is 5.02. The molecule has 3 aromatic rings. The molecule has 0 aliphatic carbocycles. The van der Waals surface area contributed by atoms with E-state index in [0.717, 1.165) is 22.2 Å². The number of nitrogens with zero attached hydrogens (tertiary/aromatic N) is 1. The highest BCUT2D eigenvalue weighted by Crippen LogP contribution is 2.27. The minimum Gasteiger partial charge on any atom is -0.465 e. The van der Waals surface area contributed by atoms with E-state index in [2.05, 4.69) is 4.98 Å². The van der Waals surface area contributed by atoms with Gasteiger partial charge in [-0.05, 0) is 48.9 Å². The second kappa shape index (κ2) is 9.20. The van der Waals surface area contributed by atoms with Crippen molar-refractivity contribution in [2.75, 3.05) is 25.2 Å². The number of halogens is 2. The van der Waals surface area contributed by atoms with Crippen LogP contribution in [0.3, 0.4) is 0 Å². The van der Waals surface area contributed by atoms with Crippen LogP contribution in [0.2, 0.25) is 10.0 Å². The molecule has 0 unspecified atom stereocenters. The second-order valence-electron chi connectivity index (χ2n) is 6.36. The van der Waals surface area contributed by atoms with Crippen molar-refractivity contribution < 1.29 is 19.1 Å². The fourth-order valence-corrected chi connectivity index (χ4v) is 3.32. The number of hydrogen-bond donors (Lipinski definition) is 1. The summed E-state index contributed by atoms with van der Waals surface area (Å²) in [6.45, 7) is 2.56. The van der Waals surface area contributed by atoms with Gasteiger partial charge in [-0.3, -0.25) is 4.79 Å². The van der Waals surface area contributed by atoms with Crippen molar-refractivity contribution in [1.82, 2.24) is 4.98 Å². The Hall–Kier alpha value is -2.70. The normalized spacial score (nSPS) is 10.8. The number of carbonyl (C=O) groups is 2. The molecule has 0 fully saturated rings. The Morgan fingerprint density at radius 3 is 2.55 bits per heavy atom. The molecule has 0 radical (unpaired) electrons. The van der Waals surface area contributed by atoms with E-state index in [0.29, 0.717) is 28.9 Å². The van der Waals surface area contributed by atoms with E-state index < -0.39 is 5.97 Å². The number of anilines is 1. The Bertz CT molecular complexity index is 1050. The first-order valence-electron chi connectivity index (χ1n) is 8.97. The molecule has 8 heteroatoms. The molecule has 1 heterocycles. The zero-order valence-corrected chi connectivity index (χ0v) is 17.5. The lowest BCUT2D eigenvalue weighted by molar-refractivity contribution is -0.141. The van der Waals surface area contributed by atoms with Crippen LogP contribution in [0, 0.1) is 0 Å². The van der Waals surface area contributed by atoms with Gasteiger partial charge in [-0.15, -0.1) is 0 Å². The van der Waals surface area contributed by atoms with Crippen molar-refractivity contribution in [3.8, 4) is 0 Å². The maximum absolute atomic E-state index is 12.2. The number of esters is 2. The van der Waals surface area contributed by atoms with Crippen molar-refractivity contribution in [3.05, 3.63) is 63.8 Å². The number of fused-ring (bicyclic) bond motifs is 1. The fraction of sp³-hybridized carbons (Fsp3) is 0.238. The van der Waals surface area contributed by atoms with Crippen LogP contribution in [-0.2, 0) is 20.8 Å². The molecule has 2 aromatic carbocycles. The Morgan fingerprint density at radius 2 is 1.86 bits per heavy atom. The van der Waals surface area contributed by atoms with Crippen LogP contribution in [0.5, 0.6) is 0 Å². The van der Waals surface area contributed by atoms with Crippen molar-refractivity contribution in [2.45, 2.75) is 13.5 Å². The number of H-pyrrole nitrogens is 1. The molecule has 6 nitrogen and oxygen atoms in total. The van der Waals surface area contributed by atoms with Gasteiger partial charge in [0.25, 0.3) is 0 Å². The molecular formula is C21H20Cl2N2O4. The summed E-state index contributed by atoms with van der Waals surface area (Å²) in [5.74, 6) is -0.779. The molecule has 29 heavy (non-hydrogen) atoms. The van der Waals surface area contributed by atoms with Gasteiger partial charge in [-0.25, -0.2) is 4.79 Å². The standard InChI is InChI=1S/C21H20Cl2N2O4/c1-3-29-20(26)12-25(11-13-4-6-16(22)17(23)8-13)15-5-7-18-14(9-15)10-19(24-18)21(27)28-2/h4-10,24H,3,11-12H2,1-2H3. The van der Waals surface area contributed by atoms with Gasteiger partial charge >= 0.3 is 11.9 Å². The molecule has 0 saturated heterocycles. The van der Waals surface area contributed by atoms with E-state index in [1.165, 1.54) is 7.11 Å². The molecule has 0 bridgehead atoms. The Balaban J connectivity index is 1.94. The smallest absolute Gasteiger partial charge is 0.354 e. The Labute approximate surface area is 178 Å². The van der Waals surface area contributed by atoms with Crippen molar-refractivity contribution in [2.24, 2.45) is 0 Å². The predicted octanol–water partition coefficient (Wildman–Crippen LogP) is 4.83. The van der Waals surface area contributed by atoms with Crippen LogP contribution in [0.25, 0.3) is 10.9 Å². The summed E-state index contributed by atoms with van der Waals surface area (Å²) in [6, 6.07) is 12.7. The van der Waals surface area contributed by atoms with Gasteiger partial charge in [0, 0.05) is 23.1 Å². The minimum atomic E-state index is -0.443. The molecule has 3 rings (SSSR count). The van der Waals surface area contributed by atoms with E-state index >= 15 is 0 Å². The van der Waals surface area contributed by atoms with E-state index in [1.54, 1.807) is 25.1 Å². The topological polar surface area (TPSA) is 71.6 Å². The largest absolute Gasteiger partial charge is 0.465 e. The highest BCUT2D eigenvalue weighted by Gasteiger charge is 2.16. The first-order chi connectivity index (χ1) is 13.9. The molecular weight excluding hydrogens is 415 g/mol. The average Bonchev–Trinajstić information content (AvgIpc) is 3.13. The number of benzene rings is 2. The fourth-order valence-electron chi connectivity index (χ4n) is 3.00. The number of hydrogen-bond acceptors (Lipinski definition) is 5. The maximum atomic E-state index is 12.2. The van der Waals surface area contributed by atoms with E-state index in [4.69, 9.17) is 32.7 Å². The van der Waals surface area contributed by atoms with Gasteiger partial charge < -0.3 is 19.4 Å². The summed E-state index contributed by atoms with van der Waals surface area (Å²) in [7, 11) is 1.33. The lowest BCUT2D eigenvalue weighted by Gasteiger charge is -2.24. The van der Waals surface area contributed by atoms with E-state index in [-0.39, 0.29) is 12.5 Å². The number of aromatic amines is 1. The third-order valence-electron chi connectivity index (χ3n) is 4.36. The number of aromatic nitrogens is 1. The van der Waals surface area contributed by atoms with Crippen LogP contribution in [-0.4, -0.2) is 37.2 Å². The monoisotopic (exact) mass is 434 g/mol. The van der Waals surface area contributed by atoms with Gasteiger partial charge in [-0.1, -0.05) is 29.3 Å². The minimum absolute atomic E-state index is 0.0634. The molecule has 0 amide bonds. The second-order valence-corrected chi connectivity index (χ2v) is 7.17. The lowest BCUT2D eigenvalue weighted by atomic mass is 10.1. The molecule has 0 atom stereocenters. The third-order valence-corrected chi connectivity index (χ3v) is 5.10. The van der Waals surface area contributed by atoms with E-state index in [9.17, 15) is 9.59 Å². The van der Waals surface area contributed by atoms with Gasteiger partial charge in [0.05, 0.1) is 23.8 Å². The number of ether oxygens (including phenoxy) is 2. The summed E-state index contributed by atoms with van der Waals surface area (Å²) < 4.78 is 9.87. The van der Waals surface area contributed by atoms with Crippen LogP contribution < -0.4 is 4.90 Å². The highest BCUT2D eigenvalue weighted by atomic mass is 35.5. The van der Waals surface area contributed by atoms with Gasteiger partial charge in [-0.2, -0.15) is 0 Å². The maximum Gasteiger partial charge on any atom is 0.354 e. The van der Waals surface area contributed by atoms with Crippen LogP contribution in [0.15, 0.2) is 42.5 Å². The van der Waals surface area contributed by atoms with Crippen molar-refractivity contribution in [3.63, 3.8) is 0 Å². The molecule has 0 aliphatic heterocycles. The molecule has 0 spiro atoms. The number of carbonyl (C=O) groups excluding carboxylic acids is 2. The molecule has 0 aliphatic rings. The zero-order chi connectivity index (χ0) is 21.0. The van der Waals surface area contributed by atoms with Crippen LogP contribution >= 0.6 is 23.2 Å². The SMILES string of the molecule is CCOC(=O)CN(Cc1ccc(Cl)c(Cl)c1)c1ccc2[nH]c(C(=O)OC)cc2c1. The number of nitrogens with one attached hydrogen (secondary N) is 1. The highest BCUT2D eigenvalue weighted by molar-refractivity contribution is 6.42. The van der Waals surface area contributed by atoms with Gasteiger partial charge in [0.1, 0.15) is 12.2 Å². The summed E-state index contributed by atoms with van der Waals surface area (Å²) in [5, 5.41) is 1.74. The van der Waals surface area contributed by atoms with Crippen LogP contribution in [0.1, 0.15) is 23.0 Å². The summed E-state index contributed by atoms with van der Waals surface area (Å²) >= 11 is 12.1. The van der Waals surface area contributed by atoms with Crippen molar-refractivity contribution in [1.29, 1.82) is 0 Å². The molecule has 1 N–H and O–H groups in total. The van der Waals surface area contributed by atoms with Gasteiger partial charge in [0.2, 0.25) is 0 Å². The average molecular weight is 435 g/mol. The quantitative estimate of drug-likeness (QED) is 0.539. The summed E-state index contributed by atoms with van der Waals surface area (Å²) in [5.41, 5.74) is 2.85. The molecule has 1 aromatic heterocycles. The Kier molecular flexibility index (Phi) is 6.67. The first-order valence-corrected chi connectivity index (χ1v) is 9.72. The molecule has 0 saturated carbocycles. The van der Waals surface area contributed by atoms with Crippen molar-refractivity contribution >= 4 is 51.7 Å². The van der Waals surface area contributed by atoms with Gasteiger partial charge in [0.15, 0.2) is 0 Å². The van der Waals surface area contributed by atoms with Crippen LogP contribution in [0.4, 0.5) is 5.69 Å². The summed E-state index contributed by atoms with van der Waals surface area (Å²) in [6.07, 6.45) is 0. The molecule has 152 valence electrons. The Morgan fingerprint density at radius 1 is 1.07 bits per heavy atom. The van der Waals surface area contributed by atoms with E-state index in [1.807, 2.05) is 29.2 Å². The summed E-state index contributed by atoms with van der Waals surface area (Å²) in [4.78, 5) is 28.8. The predicted molar refractivity (Wildman–Crippen MR) is 114 cm³/mol. The lowest BCUT2D eigenvalue weighted by Crippen LogP contribution is -2.30. The number of rotatable bonds is 7.